The van der Waals surface area contributed by atoms with Crippen molar-refractivity contribution in [2.24, 2.45) is 0 Å². The van der Waals surface area contributed by atoms with Crippen LogP contribution in [0.4, 0.5) is 5.69 Å². The van der Waals surface area contributed by atoms with E-state index in [2.05, 4.69) is 12.2 Å². The molecular formula is C16H20ClN3O. The number of nitrogens with one attached hydrogen (secondary N) is 1. The summed E-state index contributed by atoms with van der Waals surface area (Å²) in [7, 11) is 1.85. The van der Waals surface area contributed by atoms with Gasteiger partial charge in [-0.2, -0.15) is 5.26 Å². The highest BCUT2D eigenvalue weighted by molar-refractivity contribution is 6.31. The van der Waals surface area contributed by atoms with Gasteiger partial charge in [-0.15, -0.1) is 0 Å². The van der Waals surface area contributed by atoms with Gasteiger partial charge in [-0.1, -0.05) is 31.0 Å². The lowest BCUT2D eigenvalue weighted by Crippen LogP contribution is -2.19. The minimum atomic E-state index is -0.425. The molecule has 0 aliphatic carbocycles. The standard InChI is InChI=1S/C16H20ClN3O/c1-4-5-9-20(3)11-13(10-18)16(21)19-15-8-6-7-14(17)12(15)2/h6-8,11H,4-5,9H2,1-3H3,(H,19,21)/b13-11-. The summed E-state index contributed by atoms with van der Waals surface area (Å²) in [6.45, 7) is 4.73. The molecule has 0 saturated carbocycles. The van der Waals surface area contributed by atoms with Crippen molar-refractivity contribution >= 4 is 23.2 Å². The summed E-state index contributed by atoms with van der Waals surface area (Å²) in [5.74, 6) is -0.425. The minimum Gasteiger partial charge on any atom is -0.379 e. The molecule has 112 valence electrons. The van der Waals surface area contributed by atoms with Gasteiger partial charge >= 0.3 is 0 Å². The van der Waals surface area contributed by atoms with Gasteiger partial charge in [0.25, 0.3) is 5.91 Å². The van der Waals surface area contributed by atoms with Crippen LogP contribution in [0.15, 0.2) is 30.0 Å². The predicted octanol–water partition coefficient (Wildman–Crippen LogP) is 3.73. The summed E-state index contributed by atoms with van der Waals surface area (Å²) in [6.07, 6.45) is 3.65. The van der Waals surface area contributed by atoms with Crippen LogP contribution in [0, 0.1) is 18.3 Å². The highest BCUT2D eigenvalue weighted by Gasteiger charge is 2.12. The molecule has 0 radical (unpaired) electrons. The number of unbranched alkanes of at least 4 members (excludes halogenated alkanes) is 1. The lowest BCUT2D eigenvalue weighted by Gasteiger charge is -2.14. The minimum absolute atomic E-state index is 0.0768. The van der Waals surface area contributed by atoms with E-state index < -0.39 is 5.91 Å². The van der Waals surface area contributed by atoms with Crippen LogP contribution in [0.3, 0.4) is 0 Å². The fourth-order valence-corrected chi connectivity index (χ4v) is 1.94. The smallest absolute Gasteiger partial charge is 0.267 e. The molecule has 21 heavy (non-hydrogen) atoms. The summed E-state index contributed by atoms with van der Waals surface area (Å²) in [6, 6.07) is 7.21. The predicted molar refractivity (Wildman–Crippen MR) is 86.1 cm³/mol. The second-order valence-electron chi connectivity index (χ2n) is 4.86. The highest BCUT2D eigenvalue weighted by Crippen LogP contribution is 2.23. The first-order valence-electron chi connectivity index (χ1n) is 6.88. The molecule has 1 N–H and O–H groups in total. The fourth-order valence-electron chi connectivity index (χ4n) is 1.76. The number of hydrogen-bond donors (Lipinski definition) is 1. The Kier molecular flexibility index (Phi) is 6.77. The van der Waals surface area contributed by atoms with Crippen molar-refractivity contribution in [1.29, 1.82) is 5.26 Å². The van der Waals surface area contributed by atoms with E-state index in [1.807, 2.05) is 24.9 Å². The summed E-state index contributed by atoms with van der Waals surface area (Å²) in [5, 5.41) is 12.4. The van der Waals surface area contributed by atoms with E-state index in [1.165, 1.54) is 0 Å². The molecule has 0 atom stereocenters. The Morgan fingerprint density at radius 3 is 2.86 bits per heavy atom. The molecule has 1 aromatic carbocycles. The molecule has 0 bridgehead atoms. The molecule has 0 aromatic heterocycles. The first-order chi connectivity index (χ1) is 9.99. The maximum Gasteiger partial charge on any atom is 0.267 e. The lowest BCUT2D eigenvalue weighted by atomic mass is 10.2. The zero-order chi connectivity index (χ0) is 15.8. The SMILES string of the molecule is CCCCN(C)/C=C(/C#N)C(=O)Nc1cccc(Cl)c1C. The largest absolute Gasteiger partial charge is 0.379 e. The average Bonchev–Trinajstić information content (AvgIpc) is 2.47. The Labute approximate surface area is 131 Å². The Hall–Kier alpha value is -1.99. The molecule has 1 rings (SSSR count). The molecule has 0 fully saturated rings. The van der Waals surface area contributed by atoms with E-state index in [9.17, 15) is 4.79 Å². The number of anilines is 1. The topological polar surface area (TPSA) is 56.1 Å². The molecule has 1 aromatic rings. The van der Waals surface area contributed by atoms with E-state index in [0.29, 0.717) is 10.7 Å². The van der Waals surface area contributed by atoms with Gasteiger partial charge < -0.3 is 10.2 Å². The number of halogens is 1. The number of rotatable bonds is 6. The monoisotopic (exact) mass is 305 g/mol. The van der Waals surface area contributed by atoms with Gasteiger partial charge in [0, 0.05) is 30.5 Å². The maximum atomic E-state index is 12.1. The second kappa shape index (κ2) is 8.33. The van der Waals surface area contributed by atoms with Gasteiger partial charge in [0.1, 0.15) is 11.6 Å². The number of hydrogen-bond acceptors (Lipinski definition) is 3. The zero-order valence-electron chi connectivity index (χ0n) is 12.6. The third kappa shape index (κ3) is 5.13. The van der Waals surface area contributed by atoms with Crippen molar-refractivity contribution in [3.63, 3.8) is 0 Å². The number of carbonyl (C=O) groups excluding carboxylic acids is 1. The Bertz CT molecular complexity index is 575. The van der Waals surface area contributed by atoms with E-state index in [1.54, 1.807) is 24.4 Å². The quantitative estimate of drug-likeness (QED) is 0.643. The zero-order valence-corrected chi connectivity index (χ0v) is 13.4. The second-order valence-corrected chi connectivity index (χ2v) is 5.26. The summed E-state index contributed by atoms with van der Waals surface area (Å²) >= 11 is 6.01. The van der Waals surface area contributed by atoms with Crippen molar-refractivity contribution < 1.29 is 4.79 Å². The van der Waals surface area contributed by atoms with Gasteiger partial charge in [-0.05, 0) is 31.0 Å². The first kappa shape index (κ1) is 17.1. The molecule has 0 spiro atoms. The van der Waals surface area contributed by atoms with Crippen LogP contribution in [-0.2, 0) is 4.79 Å². The van der Waals surface area contributed by atoms with Crippen molar-refractivity contribution in [3.8, 4) is 6.07 Å². The van der Waals surface area contributed by atoms with Gasteiger partial charge in [0.05, 0.1) is 0 Å². The molecule has 5 heteroatoms. The normalized spacial score (nSPS) is 10.9. The number of benzene rings is 1. The van der Waals surface area contributed by atoms with Crippen molar-refractivity contribution in [2.75, 3.05) is 18.9 Å². The third-order valence-electron chi connectivity index (χ3n) is 3.09. The van der Waals surface area contributed by atoms with Crippen LogP contribution in [-0.4, -0.2) is 24.4 Å². The van der Waals surface area contributed by atoms with E-state index in [0.717, 1.165) is 24.9 Å². The third-order valence-corrected chi connectivity index (χ3v) is 3.50. The first-order valence-corrected chi connectivity index (χ1v) is 7.26. The van der Waals surface area contributed by atoms with E-state index in [-0.39, 0.29) is 5.57 Å². The lowest BCUT2D eigenvalue weighted by molar-refractivity contribution is -0.112. The van der Waals surface area contributed by atoms with Crippen LogP contribution in [0.2, 0.25) is 5.02 Å². The number of amides is 1. The molecule has 0 heterocycles. The summed E-state index contributed by atoms with van der Waals surface area (Å²) in [4.78, 5) is 14.0. The van der Waals surface area contributed by atoms with Crippen molar-refractivity contribution in [3.05, 3.63) is 40.6 Å². The van der Waals surface area contributed by atoms with Gasteiger partial charge in [0.15, 0.2) is 0 Å². The molecule has 0 unspecified atom stereocenters. The molecule has 1 amide bonds. The Balaban J connectivity index is 2.83. The van der Waals surface area contributed by atoms with Crippen LogP contribution < -0.4 is 5.32 Å². The maximum absolute atomic E-state index is 12.1. The van der Waals surface area contributed by atoms with Gasteiger partial charge in [0.2, 0.25) is 0 Å². The summed E-state index contributed by atoms with van der Waals surface area (Å²) in [5.41, 5.74) is 1.47. The van der Waals surface area contributed by atoms with Crippen LogP contribution in [0.5, 0.6) is 0 Å². The van der Waals surface area contributed by atoms with Crippen LogP contribution in [0.1, 0.15) is 25.3 Å². The van der Waals surface area contributed by atoms with Crippen molar-refractivity contribution in [2.45, 2.75) is 26.7 Å². The molecule has 4 nitrogen and oxygen atoms in total. The fraction of sp³-hybridized carbons (Fsp3) is 0.375. The molecule has 0 saturated heterocycles. The van der Waals surface area contributed by atoms with Gasteiger partial charge in [-0.3, -0.25) is 4.79 Å². The van der Waals surface area contributed by atoms with Crippen LogP contribution in [0.25, 0.3) is 0 Å². The Morgan fingerprint density at radius 2 is 2.24 bits per heavy atom. The number of carbonyl (C=O) groups is 1. The molecule has 0 aliphatic rings. The average molecular weight is 306 g/mol. The van der Waals surface area contributed by atoms with Crippen LogP contribution >= 0.6 is 11.6 Å². The van der Waals surface area contributed by atoms with E-state index in [4.69, 9.17) is 16.9 Å². The van der Waals surface area contributed by atoms with Gasteiger partial charge in [-0.25, -0.2) is 0 Å². The molecular weight excluding hydrogens is 286 g/mol. The number of nitriles is 1. The highest BCUT2D eigenvalue weighted by atomic mass is 35.5. The van der Waals surface area contributed by atoms with Crippen molar-refractivity contribution in [1.82, 2.24) is 4.90 Å². The Morgan fingerprint density at radius 1 is 1.52 bits per heavy atom. The molecule has 0 aliphatic heterocycles. The summed E-state index contributed by atoms with van der Waals surface area (Å²) < 4.78 is 0. The number of nitrogens with zero attached hydrogens (tertiary/aromatic N) is 2. The van der Waals surface area contributed by atoms with E-state index >= 15 is 0 Å².